The molecule has 0 amide bonds. The molecule has 2 N–H and O–H groups in total. The summed E-state index contributed by atoms with van der Waals surface area (Å²) in [6.07, 6.45) is 1.19. The van der Waals surface area contributed by atoms with E-state index in [-0.39, 0.29) is 15.6 Å². The van der Waals surface area contributed by atoms with Gasteiger partial charge in [0.15, 0.2) is 0 Å². The molecule has 0 aliphatic carbocycles. The normalized spacial score (nSPS) is 9.83. The first kappa shape index (κ1) is 8.99. The number of halogens is 1. The van der Waals surface area contributed by atoms with E-state index in [1.54, 1.807) is 6.92 Å². The first-order valence-corrected chi connectivity index (χ1v) is 3.94. The second-order valence-electron chi connectivity index (χ2n) is 2.28. The molecule has 1 aromatic heterocycles. The molecule has 12 heavy (non-hydrogen) atoms. The van der Waals surface area contributed by atoms with Gasteiger partial charge >= 0.3 is 5.97 Å². The summed E-state index contributed by atoms with van der Waals surface area (Å²) in [4.78, 5) is 23.8. The lowest BCUT2D eigenvalue weighted by Crippen LogP contribution is -2.12. The molecule has 0 saturated carbocycles. The lowest BCUT2D eigenvalue weighted by atomic mass is 10.2. The molecule has 0 saturated heterocycles. The minimum Gasteiger partial charge on any atom is -0.478 e. The van der Waals surface area contributed by atoms with Crippen LogP contribution >= 0.6 is 15.9 Å². The average molecular weight is 232 g/mol. The number of carboxylic acids is 1. The van der Waals surface area contributed by atoms with Crippen molar-refractivity contribution < 1.29 is 9.90 Å². The van der Waals surface area contributed by atoms with Crippen molar-refractivity contribution in [2.75, 3.05) is 0 Å². The van der Waals surface area contributed by atoms with E-state index in [1.807, 2.05) is 0 Å². The Morgan fingerprint density at radius 2 is 2.25 bits per heavy atom. The molecule has 1 heterocycles. The molecule has 1 aromatic rings. The minimum atomic E-state index is -1.05. The minimum absolute atomic E-state index is 0.0986. The van der Waals surface area contributed by atoms with Gasteiger partial charge in [0.1, 0.15) is 0 Å². The SMILES string of the molecule is Cc1c(C(=O)O)c[nH]c(=O)c1Br. The van der Waals surface area contributed by atoms with Gasteiger partial charge in [-0.1, -0.05) is 0 Å². The van der Waals surface area contributed by atoms with Crippen molar-refractivity contribution in [1.82, 2.24) is 4.98 Å². The Morgan fingerprint density at radius 1 is 1.67 bits per heavy atom. The van der Waals surface area contributed by atoms with Gasteiger partial charge < -0.3 is 10.1 Å². The third-order valence-corrected chi connectivity index (χ3v) is 2.47. The number of carbonyl (C=O) groups is 1. The second-order valence-corrected chi connectivity index (χ2v) is 3.07. The van der Waals surface area contributed by atoms with Gasteiger partial charge in [0, 0.05) is 6.20 Å². The van der Waals surface area contributed by atoms with Crippen LogP contribution in [0.1, 0.15) is 15.9 Å². The van der Waals surface area contributed by atoms with Crippen molar-refractivity contribution in [2.45, 2.75) is 6.92 Å². The van der Waals surface area contributed by atoms with Crippen LogP contribution < -0.4 is 5.56 Å². The maximum Gasteiger partial charge on any atom is 0.337 e. The summed E-state index contributed by atoms with van der Waals surface area (Å²) in [6, 6.07) is 0. The number of aromatic amines is 1. The average Bonchev–Trinajstić information content (AvgIpc) is 2.00. The summed E-state index contributed by atoms with van der Waals surface area (Å²) >= 11 is 2.99. The van der Waals surface area contributed by atoms with Crippen LogP contribution in [0.2, 0.25) is 0 Å². The number of aromatic nitrogens is 1. The van der Waals surface area contributed by atoms with Gasteiger partial charge in [0.25, 0.3) is 5.56 Å². The molecule has 5 heteroatoms. The predicted molar refractivity (Wildman–Crippen MR) is 46.5 cm³/mol. The highest BCUT2D eigenvalue weighted by Gasteiger charge is 2.10. The summed E-state index contributed by atoms with van der Waals surface area (Å²) in [7, 11) is 0. The van der Waals surface area contributed by atoms with E-state index in [9.17, 15) is 9.59 Å². The van der Waals surface area contributed by atoms with E-state index in [1.165, 1.54) is 6.20 Å². The van der Waals surface area contributed by atoms with Gasteiger partial charge in [-0.2, -0.15) is 0 Å². The first-order valence-electron chi connectivity index (χ1n) is 3.15. The van der Waals surface area contributed by atoms with Crippen LogP contribution in [0.5, 0.6) is 0 Å². The molecule has 0 aliphatic heterocycles. The Kier molecular flexibility index (Phi) is 2.32. The van der Waals surface area contributed by atoms with Crippen LogP contribution in [-0.2, 0) is 0 Å². The van der Waals surface area contributed by atoms with Gasteiger partial charge in [-0.3, -0.25) is 4.79 Å². The van der Waals surface area contributed by atoms with Gasteiger partial charge in [-0.15, -0.1) is 0 Å². The Balaban J connectivity index is 3.47. The molecule has 64 valence electrons. The molecule has 1 rings (SSSR count). The van der Waals surface area contributed by atoms with E-state index >= 15 is 0 Å². The van der Waals surface area contributed by atoms with E-state index in [2.05, 4.69) is 20.9 Å². The molecule has 0 aliphatic rings. The van der Waals surface area contributed by atoms with Crippen LogP contribution in [0.25, 0.3) is 0 Å². The molecular weight excluding hydrogens is 226 g/mol. The first-order chi connectivity index (χ1) is 5.54. The maximum absolute atomic E-state index is 10.9. The number of H-pyrrole nitrogens is 1. The van der Waals surface area contributed by atoms with Crippen LogP contribution in [0, 0.1) is 6.92 Å². The molecule has 0 radical (unpaired) electrons. The van der Waals surface area contributed by atoms with Crippen molar-refractivity contribution in [3.8, 4) is 0 Å². The summed E-state index contributed by atoms with van der Waals surface area (Å²) in [5.41, 5.74) is 0.213. The van der Waals surface area contributed by atoms with E-state index in [0.29, 0.717) is 5.56 Å². The number of hydrogen-bond donors (Lipinski definition) is 2. The Bertz CT molecular complexity index is 383. The largest absolute Gasteiger partial charge is 0.478 e. The lowest BCUT2D eigenvalue weighted by molar-refractivity contribution is 0.0695. The lowest BCUT2D eigenvalue weighted by Gasteiger charge is -2.00. The van der Waals surface area contributed by atoms with Gasteiger partial charge in [-0.05, 0) is 28.4 Å². The van der Waals surface area contributed by atoms with Crippen LogP contribution in [-0.4, -0.2) is 16.1 Å². The van der Waals surface area contributed by atoms with Crippen molar-refractivity contribution in [3.05, 3.63) is 32.2 Å². The van der Waals surface area contributed by atoms with Crippen molar-refractivity contribution in [3.63, 3.8) is 0 Å². The fourth-order valence-corrected chi connectivity index (χ4v) is 1.15. The summed E-state index contributed by atoms with van der Waals surface area (Å²) < 4.78 is 0.266. The fourth-order valence-electron chi connectivity index (χ4n) is 0.820. The number of pyridine rings is 1. The Morgan fingerprint density at radius 3 is 2.75 bits per heavy atom. The van der Waals surface area contributed by atoms with Gasteiger partial charge in [0.2, 0.25) is 0 Å². The Labute approximate surface area is 76.4 Å². The highest BCUT2D eigenvalue weighted by Crippen LogP contribution is 2.13. The Hall–Kier alpha value is -1.10. The second kappa shape index (κ2) is 3.10. The summed E-state index contributed by atoms with van der Waals surface area (Å²) in [6.45, 7) is 1.57. The molecule has 4 nitrogen and oxygen atoms in total. The van der Waals surface area contributed by atoms with E-state index in [0.717, 1.165) is 0 Å². The molecule has 0 fully saturated rings. The monoisotopic (exact) mass is 231 g/mol. The summed E-state index contributed by atoms with van der Waals surface area (Å²) in [5, 5.41) is 8.64. The standard InChI is InChI=1S/C7H6BrNO3/c1-3-4(7(11)12)2-9-6(10)5(3)8/h2H,1H3,(H,9,10)(H,11,12). The van der Waals surface area contributed by atoms with E-state index in [4.69, 9.17) is 5.11 Å². The highest BCUT2D eigenvalue weighted by molar-refractivity contribution is 9.10. The zero-order valence-electron chi connectivity index (χ0n) is 6.22. The quantitative estimate of drug-likeness (QED) is 0.762. The number of carboxylic acid groups (broad SMARTS) is 1. The smallest absolute Gasteiger partial charge is 0.337 e. The molecule has 0 unspecified atom stereocenters. The number of nitrogens with one attached hydrogen (secondary N) is 1. The number of rotatable bonds is 1. The highest BCUT2D eigenvalue weighted by atomic mass is 79.9. The molecule has 0 spiro atoms. The van der Waals surface area contributed by atoms with Gasteiger partial charge in [-0.25, -0.2) is 4.79 Å². The zero-order chi connectivity index (χ0) is 9.30. The van der Waals surface area contributed by atoms with Gasteiger partial charge in [0.05, 0.1) is 10.0 Å². The van der Waals surface area contributed by atoms with Crippen molar-refractivity contribution in [1.29, 1.82) is 0 Å². The fraction of sp³-hybridized carbons (Fsp3) is 0.143. The zero-order valence-corrected chi connectivity index (χ0v) is 7.81. The molecule has 0 bridgehead atoms. The van der Waals surface area contributed by atoms with Crippen molar-refractivity contribution >= 4 is 21.9 Å². The molecular formula is C7H6BrNO3. The van der Waals surface area contributed by atoms with Crippen LogP contribution in [0.3, 0.4) is 0 Å². The van der Waals surface area contributed by atoms with Crippen LogP contribution in [0.15, 0.2) is 15.5 Å². The topological polar surface area (TPSA) is 70.2 Å². The molecule has 0 atom stereocenters. The number of aromatic carboxylic acids is 1. The third kappa shape index (κ3) is 1.40. The maximum atomic E-state index is 10.9. The number of hydrogen-bond acceptors (Lipinski definition) is 2. The third-order valence-electron chi connectivity index (χ3n) is 1.51. The molecule has 0 aromatic carbocycles. The van der Waals surface area contributed by atoms with E-state index < -0.39 is 5.97 Å². The predicted octanol–water partition coefficient (Wildman–Crippen LogP) is 1.14. The van der Waals surface area contributed by atoms with Crippen molar-refractivity contribution in [2.24, 2.45) is 0 Å². The van der Waals surface area contributed by atoms with Crippen LogP contribution in [0.4, 0.5) is 0 Å². The summed E-state index contributed by atoms with van der Waals surface area (Å²) in [5.74, 6) is -1.05.